The molecule has 5 heteroatoms. The van der Waals surface area contributed by atoms with Gasteiger partial charge in [-0.1, -0.05) is 39.7 Å². The van der Waals surface area contributed by atoms with Gasteiger partial charge in [0.15, 0.2) is 0 Å². The average molecular weight is 408 g/mol. The minimum absolute atomic E-state index is 0.243. The van der Waals surface area contributed by atoms with Crippen LogP contribution in [0.3, 0.4) is 0 Å². The van der Waals surface area contributed by atoms with E-state index in [4.69, 9.17) is 17.3 Å². The van der Waals surface area contributed by atoms with Crippen molar-refractivity contribution in [2.75, 3.05) is 0 Å². The quantitative estimate of drug-likeness (QED) is 0.739. The van der Waals surface area contributed by atoms with E-state index in [1.807, 2.05) is 18.2 Å². The normalized spacial score (nSPS) is 12.5. The summed E-state index contributed by atoms with van der Waals surface area (Å²) in [6, 6.07) is 10.2. The predicted molar refractivity (Wildman–Crippen MR) is 83.9 cm³/mol. The maximum Gasteiger partial charge on any atom is 0.137 e. The first-order valence-corrected chi connectivity index (χ1v) is 7.58. The van der Waals surface area contributed by atoms with Crippen LogP contribution >= 0.6 is 43.5 Å². The molecule has 0 saturated heterocycles. The summed E-state index contributed by atoms with van der Waals surface area (Å²) in [7, 11) is 0. The second-order valence-electron chi connectivity index (χ2n) is 4.23. The molecule has 1 atom stereocenters. The Morgan fingerprint density at radius 1 is 1.21 bits per heavy atom. The summed E-state index contributed by atoms with van der Waals surface area (Å²) in [5.74, 6) is -0.281. The minimum Gasteiger partial charge on any atom is -0.324 e. The Labute approximate surface area is 133 Å². The highest BCUT2D eigenvalue weighted by Gasteiger charge is 2.12. The molecule has 0 radical (unpaired) electrons. The lowest BCUT2D eigenvalue weighted by atomic mass is 10.00. The van der Waals surface area contributed by atoms with Crippen molar-refractivity contribution in [3.8, 4) is 0 Å². The highest BCUT2D eigenvalue weighted by atomic mass is 79.9. The molecule has 2 N–H and O–H groups in total. The van der Waals surface area contributed by atoms with Crippen LogP contribution in [-0.4, -0.2) is 0 Å². The molecule has 1 unspecified atom stereocenters. The van der Waals surface area contributed by atoms with Gasteiger partial charge in [-0.05, 0) is 57.7 Å². The summed E-state index contributed by atoms with van der Waals surface area (Å²) in [4.78, 5) is 0. The third-order valence-electron chi connectivity index (χ3n) is 2.78. The van der Waals surface area contributed by atoms with Gasteiger partial charge in [0.2, 0.25) is 0 Å². The van der Waals surface area contributed by atoms with Crippen molar-refractivity contribution < 1.29 is 4.39 Å². The zero-order valence-electron chi connectivity index (χ0n) is 9.84. The maximum atomic E-state index is 13.4. The van der Waals surface area contributed by atoms with Gasteiger partial charge < -0.3 is 5.73 Å². The SMILES string of the molecule is NC(Cc1cccc(F)c1Br)c1cc(Cl)cc(Br)c1. The van der Waals surface area contributed by atoms with Crippen LogP contribution in [0.15, 0.2) is 45.3 Å². The molecular weight excluding hydrogens is 396 g/mol. The molecule has 0 aliphatic rings. The highest BCUT2D eigenvalue weighted by molar-refractivity contribution is 9.10. The minimum atomic E-state index is -0.281. The fourth-order valence-electron chi connectivity index (χ4n) is 1.85. The van der Waals surface area contributed by atoms with E-state index in [2.05, 4.69) is 31.9 Å². The lowest BCUT2D eigenvalue weighted by Crippen LogP contribution is -2.14. The molecule has 19 heavy (non-hydrogen) atoms. The molecule has 0 aromatic heterocycles. The molecule has 0 saturated carbocycles. The van der Waals surface area contributed by atoms with E-state index in [1.165, 1.54) is 6.07 Å². The van der Waals surface area contributed by atoms with E-state index in [0.717, 1.165) is 15.6 Å². The molecule has 2 aromatic rings. The zero-order chi connectivity index (χ0) is 14.0. The van der Waals surface area contributed by atoms with E-state index in [0.29, 0.717) is 15.9 Å². The maximum absolute atomic E-state index is 13.4. The van der Waals surface area contributed by atoms with Gasteiger partial charge in [0.1, 0.15) is 5.82 Å². The molecule has 100 valence electrons. The van der Waals surface area contributed by atoms with Crippen LogP contribution in [-0.2, 0) is 6.42 Å². The number of rotatable bonds is 3. The van der Waals surface area contributed by atoms with Crippen molar-refractivity contribution in [2.45, 2.75) is 12.5 Å². The van der Waals surface area contributed by atoms with Gasteiger partial charge in [-0.2, -0.15) is 0 Å². The summed E-state index contributed by atoms with van der Waals surface area (Å²) in [6.07, 6.45) is 0.533. The molecular formula is C14H11Br2ClFN. The number of benzene rings is 2. The van der Waals surface area contributed by atoms with Crippen LogP contribution in [0, 0.1) is 5.82 Å². The van der Waals surface area contributed by atoms with Crippen molar-refractivity contribution in [3.63, 3.8) is 0 Å². The Morgan fingerprint density at radius 3 is 2.63 bits per heavy atom. The third-order valence-corrected chi connectivity index (χ3v) is 4.35. The summed E-state index contributed by atoms with van der Waals surface area (Å²) < 4.78 is 14.8. The van der Waals surface area contributed by atoms with Crippen molar-refractivity contribution >= 4 is 43.5 Å². The van der Waals surface area contributed by atoms with Crippen molar-refractivity contribution in [1.82, 2.24) is 0 Å². The van der Waals surface area contributed by atoms with Crippen molar-refractivity contribution in [1.29, 1.82) is 0 Å². The van der Waals surface area contributed by atoms with E-state index >= 15 is 0 Å². The molecule has 0 amide bonds. The number of hydrogen-bond donors (Lipinski definition) is 1. The monoisotopic (exact) mass is 405 g/mol. The molecule has 0 aliphatic carbocycles. The Hall–Kier alpha value is -0.420. The van der Waals surface area contributed by atoms with Crippen LogP contribution in [0.5, 0.6) is 0 Å². The van der Waals surface area contributed by atoms with Gasteiger partial charge in [-0.25, -0.2) is 4.39 Å². The molecule has 0 fully saturated rings. The van der Waals surface area contributed by atoms with Crippen LogP contribution in [0.4, 0.5) is 4.39 Å². The fraction of sp³-hybridized carbons (Fsp3) is 0.143. The van der Waals surface area contributed by atoms with Crippen molar-refractivity contribution in [3.05, 3.63) is 67.3 Å². The Morgan fingerprint density at radius 2 is 1.95 bits per heavy atom. The standard InChI is InChI=1S/C14H11Br2ClFN/c15-10-4-9(5-11(17)7-10)13(19)6-8-2-1-3-12(18)14(8)16/h1-5,7,13H,6,19H2. The van der Waals surface area contributed by atoms with Gasteiger partial charge in [0, 0.05) is 15.5 Å². The van der Waals surface area contributed by atoms with Gasteiger partial charge in [-0.15, -0.1) is 0 Å². The number of hydrogen-bond acceptors (Lipinski definition) is 1. The van der Waals surface area contributed by atoms with Gasteiger partial charge in [0.25, 0.3) is 0 Å². The van der Waals surface area contributed by atoms with Gasteiger partial charge in [-0.3, -0.25) is 0 Å². The summed E-state index contributed by atoms with van der Waals surface area (Å²) in [5, 5.41) is 0.623. The van der Waals surface area contributed by atoms with Gasteiger partial charge >= 0.3 is 0 Å². The Kier molecular flexibility index (Phi) is 5.01. The topological polar surface area (TPSA) is 26.0 Å². The second-order valence-corrected chi connectivity index (χ2v) is 6.37. The molecule has 0 aliphatic heterocycles. The first-order chi connectivity index (χ1) is 8.97. The highest BCUT2D eigenvalue weighted by Crippen LogP contribution is 2.28. The zero-order valence-corrected chi connectivity index (χ0v) is 13.8. The summed E-state index contributed by atoms with van der Waals surface area (Å²) in [5.41, 5.74) is 7.91. The van der Waals surface area contributed by atoms with Crippen LogP contribution in [0.1, 0.15) is 17.2 Å². The first kappa shape index (κ1) is 15.0. The number of halogens is 4. The van der Waals surface area contributed by atoms with E-state index in [-0.39, 0.29) is 11.9 Å². The largest absolute Gasteiger partial charge is 0.324 e. The van der Waals surface area contributed by atoms with E-state index in [1.54, 1.807) is 12.1 Å². The third kappa shape index (κ3) is 3.78. The Bertz CT molecular complexity index is 584. The number of nitrogens with two attached hydrogens (primary N) is 1. The predicted octanol–water partition coefficient (Wildman–Crippen LogP) is 5.25. The summed E-state index contributed by atoms with van der Waals surface area (Å²) >= 11 is 12.6. The second kappa shape index (κ2) is 6.35. The molecule has 0 spiro atoms. The lowest BCUT2D eigenvalue weighted by Gasteiger charge is -2.14. The van der Waals surface area contributed by atoms with E-state index < -0.39 is 0 Å². The molecule has 2 rings (SSSR count). The average Bonchev–Trinajstić information content (AvgIpc) is 2.33. The molecule has 0 heterocycles. The fourth-order valence-corrected chi connectivity index (χ4v) is 3.16. The molecule has 1 nitrogen and oxygen atoms in total. The van der Waals surface area contributed by atoms with Crippen molar-refractivity contribution in [2.24, 2.45) is 5.73 Å². The molecule has 0 bridgehead atoms. The Balaban J connectivity index is 2.25. The molecule has 2 aromatic carbocycles. The lowest BCUT2D eigenvalue weighted by molar-refractivity contribution is 0.614. The van der Waals surface area contributed by atoms with Gasteiger partial charge in [0.05, 0.1) is 4.47 Å². The van der Waals surface area contributed by atoms with Crippen LogP contribution in [0.25, 0.3) is 0 Å². The van der Waals surface area contributed by atoms with E-state index in [9.17, 15) is 4.39 Å². The smallest absolute Gasteiger partial charge is 0.137 e. The van der Waals surface area contributed by atoms with Crippen LogP contribution in [0.2, 0.25) is 5.02 Å². The van der Waals surface area contributed by atoms with Crippen LogP contribution < -0.4 is 5.73 Å². The first-order valence-electron chi connectivity index (χ1n) is 5.62. The summed E-state index contributed by atoms with van der Waals surface area (Å²) in [6.45, 7) is 0.